The first-order valence-corrected chi connectivity index (χ1v) is 9.53. The summed E-state index contributed by atoms with van der Waals surface area (Å²) >= 11 is 1.33. The zero-order chi connectivity index (χ0) is 19.8. The highest BCUT2D eigenvalue weighted by Gasteiger charge is 2.23. The molecule has 0 aliphatic rings. The summed E-state index contributed by atoms with van der Waals surface area (Å²) in [5.41, 5.74) is 0.393. The van der Waals surface area contributed by atoms with Gasteiger partial charge in [-0.25, -0.2) is 4.98 Å². The van der Waals surface area contributed by atoms with E-state index in [9.17, 15) is 9.59 Å². The van der Waals surface area contributed by atoms with E-state index in [1.165, 1.54) is 23.3 Å². The molecule has 0 saturated carbocycles. The topological polar surface area (TPSA) is 80.8 Å². The average Bonchev–Trinajstić information content (AvgIpc) is 3.16. The Hall–Kier alpha value is -2.61. The number of hydrogen-bond donors (Lipinski definition) is 1. The summed E-state index contributed by atoms with van der Waals surface area (Å²) in [6, 6.07) is 5.01. The third kappa shape index (κ3) is 5.96. The molecular weight excluding hydrogens is 366 g/mol. The number of thiazole rings is 1. The van der Waals surface area contributed by atoms with Gasteiger partial charge in [-0.15, -0.1) is 11.3 Å². The fourth-order valence-electron chi connectivity index (χ4n) is 2.43. The Kier molecular flexibility index (Phi) is 7.60. The number of nitrogens with zero attached hydrogens (tertiary/aromatic N) is 2. The van der Waals surface area contributed by atoms with Crippen LogP contribution in [0.15, 0.2) is 29.8 Å². The Morgan fingerprint density at radius 3 is 2.63 bits per heavy atom. The number of nitrogens with one attached hydrogen (secondary N) is 1. The van der Waals surface area contributed by atoms with E-state index in [2.05, 4.69) is 24.1 Å². The number of ether oxygens (including phenoxy) is 2. The number of hydrogen-bond acceptors (Lipinski definition) is 6. The van der Waals surface area contributed by atoms with Crippen molar-refractivity contribution in [3.05, 3.63) is 35.3 Å². The van der Waals surface area contributed by atoms with Crippen molar-refractivity contribution in [2.45, 2.75) is 20.3 Å². The van der Waals surface area contributed by atoms with E-state index in [0.29, 0.717) is 34.7 Å². The summed E-state index contributed by atoms with van der Waals surface area (Å²) in [6.45, 7) is 4.57. The van der Waals surface area contributed by atoms with E-state index in [-0.39, 0.29) is 18.4 Å². The molecule has 2 amide bonds. The summed E-state index contributed by atoms with van der Waals surface area (Å²) in [4.78, 5) is 31.0. The van der Waals surface area contributed by atoms with Crippen LogP contribution >= 0.6 is 11.3 Å². The molecule has 0 fully saturated rings. The SMILES string of the molecule is COc1ccc(C(=O)N(CCC(C)C)CC(=O)Nc2nccs2)c(OC)c1. The molecule has 0 radical (unpaired) electrons. The first kappa shape index (κ1) is 20.7. The zero-order valence-corrected chi connectivity index (χ0v) is 16.8. The van der Waals surface area contributed by atoms with E-state index >= 15 is 0 Å². The lowest BCUT2D eigenvalue weighted by Crippen LogP contribution is -2.39. The van der Waals surface area contributed by atoms with Gasteiger partial charge < -0.3 is 19.7 Å². The minimum atomic E-state index is -0.283. The monoisotopic (exact) mass is 391 g/mol. The normalized spacial score (nSPS) is 10.6. The second kappa shape index (κ2) is 9.91. The van der Waals surface area contributed by atoms with Gasteiger partial charge in [-0.2, -0.15) is 0 Å². The van der Waals surface area contributed by atoms with Crippen molar-refractivity contribution in [3.8, 4) is 11.5 Å². The van der Waals surface area contributed by atoms with Gasteiger partial charge in [0.1, 0.15) is 18.0 Å². The van der Waals surface area contributed by atoms with Crippen LogP contribution < -0.4 is 14.8 Å². The van der Waals surface area contributed by atoms with E-state index in [0.717, 1.165) is 6.42 Å². The number of benzene rings is 1. The predicted molar refractivity (Wildman–Crippen MR) is 106 cm³/mol. The third-order valence-corrected chi connectivity index (χ3v) is 4.60. The standard InChI is InChI=1S/C19H25N3O4S/c1-13(2)7-9-22(12-17(23)21-19-20-8-10-27-19)18(24)15-6-5-14(25-3)11-16(15)26-4/h5-6,8,10-11,13H,7,9,12H2,1-4H3,(H,20,21,23). The van der Waals surface area contributed by atoms with Gasteiger partial charge in [0, 0.05) is 24.2 Å². The van der Waals surface area contributed by atoms with Gasteiger partial charge in [-0.05, 0) is 24.5 Å². The number of carbonyl (C=O) groups is 2. The van der Waals surface area contributed by atoms with Crippen LogP contribution in [0.2, 0.25) is 0 Å². The van der Waals surface area contributed by atoms with Crippen molar-refractivity contribution in [2.24, 2.45) is 5.92 Å². The van der Waals surface area contributed by atoms with E-state index < -0.39 is 0 Å². The first-order chi connectivity index (χ1) is 12.9. The second-order valence-corrected chi connectivity index (χ2v) is 7.26. The summed E-state index contributed by atoms with van der Waals surface area (Å²) in [5, 5.41) is 5.01. The van der Waals surface area contributed by atoms with Gasteiger partial charge >= 0.3 is 0 Å². The fourth-order valence-corrected chi connectivity index (χ4v) is 2.97. The molecule has 8 heteroatoms. The van der Waals surface area contributed by atoms with Crippen LogP contribution in [0, 0.1) is 5.92 Å². The number of anilines is 1. The van der Waals surface area contributed by atoms with Crippen molar-refractivity contribution in [3.63, 3.8) is 0 Å². The van der Waals surface area contributed by atoms with Gasteiger partial charge in [0.25, 0.3) is 5.91 Å². The maximum Gasteiger partial charge on any atom is 0.258 e. The summed E-state index contributed by atoms with van der Waals surface area (Å²) in [6.07, 6.45) is 2.40. The quantitative estimate of drug-likeness (QED) is 0.709. The van der Waals surface area contributed by atoms with Gasteiger partial charge in [-0.1, -0.05) is 13.8 Å². The Bertz CT molecular complexity index is 762. The van der Waals surface area contributed by atoms with Gasteiger partial charge in [0.05, 0.1) is 19.8 Å². The lowest BCUT2D eigenvalue weighted by molar-refractivity contribution is -0.116. The van der Waals surface area contributed by atoms with E-state index in [4.69, 9.17) is 9.47 Å². The van der Waals surface area contributed by atoms with Crippen molar-refractivity contribution in [2.75, 3.05) is 32.6 Å². The largest absolute Gasteiger partial charge is 0.497 e. The molecule has 0 atom stereocenters. The van der Waals surface area contributed by atoms with Crippen molar-refractivity contribution in [1.29, 1.82) is 0 Å². The van der Waals surface area contributed by atoms with Crippen molar-refractivity contribution >= 4 is 28.3 Å². The highest BCUT2D eigenvalue weighted by atomic mass is 32.1. The fraction of sp³-hybridized carbons (Fsp3) is 0.421. The van der Waals surface area contributed by atoms with Crippen LogP contribution in [0.25, 0.3) is 0 Å². The second-order valence-electron chi connectivity index (χ2n) is 6.36. The Balaban J connectivity index is 2.19. The van der Waals surface area contributed by atoms with Gasteiger partial charge in [0.15, 0.2) is 5.13 Å². The Morgan fingerprint density at radius 1 is 1.26 bits per heavy atom. The maximum absolute atomic E-state index is 13.1. The lowest BCUT2D eigenvalue weighted by Gasteiger charge is -2.24. The molecule has 1 N–H and O–H groups in total. The van der Waals surface area contributed by atoms with Crippen LogP contribution in [0.4, 0.5) is 5.13 Å². The minimum Gasteiger partial charge on any atom is -0.497 e. The van der Waals surface area contributed by atoms with Crippen LogP contribution in [-0.2, 0) is 4.79 Å². The van der Waals surface area contributed by atoms with E-state index in [1.807, 2.05) is 0 Å². The Labute approximate surface area is 163 Å². The van der Waals surface area contributed by atoms with Crippen LogP contribution in [0.1, 0.15) is 30.6 Å². The number of carbonyl (C=O) groups excluding carboxylic acids is 2. The van der Waals surface area contributed by atoms with Crippen LogP contribution in [0.5, 0.6) is 11.5 Å². The number of amides is 2. The molecule has 1 aromatic carbocycles. The predicted octanol–water partition coefficient (Wildman–Crippen LogP) is 3.29. The molecule has 0 bridgehead atoms. The third-order valence-electron chi connectivity index (χ3n) is 3.92. The smallest absolute Gasteiger partial charge is 0.258 e. The molecule has 0 unspecified atom stereocenters. The van der Waals surface area contributed by atoms with Crippen LogP contribution in [-0.4, -0.2) is 49.0 Å². The number of methoxy groups -OCH3 is 2. The number of aromatic nitrogens is 1. The number of rotatable bonds is 9. The summed E-state index contributed by atoms with van der Waals surface area (Å²) in [7, 11) is 3.05. The first-order valence-electron chi connectivity index (χ1n) is 8.65. The Morgan fingerprint density at radius 2 is 2.04 bits per heavy atom. The molecular formula is C19H25N3O4S. The van der Waals surface area contributed by atoms with Crippen LogP contribution in [0.3, 0.4) is 0 Å². The molecule has 0 aliphatic heterocycles. The van der Waals surface area contributed by atoms with Gasteiger partial charge in [0.2, 0.25) is 5.91 Å². The summed E-state index contributed by atoms with van der Waals surface area (Å²) < 4.78 is 10.5. The van der Waals surface area contributed by atoms with Crippen molar-refractivity contribution < 1.29 is 19.1 Å². The molecule has 27 heavy (non-hydrogen) atoms. The maximum atomic E-state index is 13.1. The lowest BCUT2D eigenvalue weighted by atomic mass is 10.1. The molecule has 1 aromatic heterocycles. The molecule has 0 aliphatic carbocycles. The molecule has 0 spiro atoms. The molecule has 7 nitrogen and oxygen atoms in total. The molecule has 2 aromatic rings. The minimum absolute atomic E-state index is 0.0552. The molecule has 2 rings (SSSR count). The summed E-state index contributed by atoms with van der Waals surface area (Å²) in [5.74, 6) is 0.868. The van der Waals surface area contributed by atoms with Crippen molar-refractivity contribution in [1.82, 2.24) is 9.88 Å². The molecule has 1 heterocycles. The van der Waals surface area contributed by atoms with Gasteiger partial charge in [-0.3, -0.25) is 9.59 Å². The zero-order valence-electron chi connectivity index (χ0n) is 16.0. The highest BCUT2D eigenvalue weighted by molar-refractivity contribution is 7.13. The molecule has 146 valence electrons. The van der Waals surface area contributed by atoms with E-state index in [1.54, 1.807) is 36.9 Å². The average molecular weight is 391 g/mol. The molecule has 0 saturated heterocycles. The highest BCUT2D eigenvalue weighted by Crippen LogP contribution is 2.26.